The van der Waals surface area contributed by atoms with Crippen LogP contribution in [0.5, 0.6) is 0 Å². The first-order valence-electron chi connectivity index (χ1n) is 5.34. The van der Waals surface area contributed by atoms with Crippen LogP contribution in [0.2, 0.25) is 0 Å². The van der Waals surface area contributed by atoms with Crippen molar-refractivity contribution < 1.29 is 4.79 Å². The van der Waals surface area contributed by atoms with Crippen LogP contribution >= 0.6 is 12.2 Å². The van der Waals surface area contributed by atoms with Crippen molar-refractivity contribution in [3.63, 3.8) is 0 Å². The number of carbonyl (C=O) groups is 1. The number of amides is 1. The smallest absolute Gasteiger partial charge is 0.251 e. The summed E-state index contributed by atoms with van der Waals surface area (Å²) >= 11 is 5.10. The van der Waals surface area contributed by atoms with Gasteiger partial charge in [-0.1, -0.05) is 30.3 Å². The molecule has 1 N–H and O–H groups in total. The number of benzene rings is 1. The van der Waals surface area contributed by atoms with Crippen molar-refractivity contribution in [2.75, 3.05) is 6.54 Å². The van der Waals surface area contributed by atoms with Crippen molar-refractivity contribution in [1.29, 1.82) is 0 Å². The number of thiocarbonyl (C=S) groups is 1. The van der Waals surface area contributed by atoms with Crippen LogP contribution < -0.4 is 5.32 Å². The van der Waals surface area contributed by atoms with E-state index in [1.165, 1.54) is 5.56 Å². The zero-order valence-corrected chi connectivity index (χ0v) is 9.96. The van der Waals surface area contributed by atoms with Gasteiger partial charge < -0.3 is 5.32 Å². The molecule has 1 aromatic carbocycles. The highest BCUT2D eigenvalue weighted by Crippen LogP contribution is 2.08. The van der Waals surface area contributed by atoms with E-state index in [1.807, 2.05) is 25.1 Å². The minimum atomic E-state index is -0.178. The molecular formula is C12H14N2OS. The molecule has 1 amide bonds. The summed E-state index contributed by atoms with van der Waals surface area (Å²) in [4.78, 5) is 13.4. The van der Waals surface area contributed by atoms with Crippen molar-refractivity contribution in [3.05, 3.63) is 35.9 Å². The Morgan fingerprint density at radius 3 is 2.62 bits per heavy atom. The molecule has 1 fully saturated rings. The number of rotatable bonds is 3. The molecule has 4 heteroatoms. The van der Waals surface area contributed by atoms with Crippen LogP contribution in [0.3, 0.4) is 0 Å². The van der Waals surface area contributed by atoms with E-state index >= 15 is 0 Å². The standard InChI is InChI=1S/C12H14N2OS/c1-9-11(15)14(12(16)13-9)8-7-10-5-3-2-4-6-10/h2-6,9H,7-8H2,1H3,(H,13,16). The molecule has 2 rings (SSSR count). The Morgan fingerprint density at radius 2 is 2.06 bits per heavy atom. The van der Waals surface area contributed by atoms with E-state index in [0.717, 1.165) is 6.42 Å². The molecule has 1 atom stereocenters. The molecule has 1 heterocycles. The number of carbonyl (C=O) groups excluding carboxylic acids is 1. The second-order valence-electron chi connectivity index (χ2n) is 3.90. The Balaban J connectivity index is 1.96. The van der Waals surface area contributed by atoms with E-state index < -0.39 is 0 Å². The van der Waals surface area contributed by atoms with Gasteiger partial charge in [0.1, 0.15) is 6.04 Å². The van der Waals surface area contributed by atoms with Crippen LogP contribution in [0, 0.1) is 0 Å². The Hall–Kier alpha value is -1.42. The number of nitrogens with zero attached hydrogens (tertiary/aromatic N) is 1. The Morgan fingerprint density at radius 1 is 1.38 bits per heavy atom. The minimum Gasteiger partial charge on any atom is -0.351 e. The van der Waals surface area contributed by atoms with E-state index in [-0.39, 0.29) is 11.9 Å². The summed E-state index contributed by atoms with van der Waals surface area (Å²) in [5.41, 5.74) is 1.22. The maximum absolute atomic E-state index is 11.7. The molecular weight excluding hydrogens is 220 g/mol. The van der Waals surface area contributed by atoms with E-state index in [0.29, 0.717) is 11.7 Å². The second-order valence-corrected chi connectivity index (χ2v) is 4.28. The second kappa shape index (κ2) is 4.61. The van der Waals surface area contributed by atoms with Crippen molar-refractivity contribution in [3.8, 4) is 0 Å². The number of hydrogen-bond donors (Lipinski definition) is 1. The SMILES string of the molecule is CC1NC(=S)N(CCc2ccccc2)C1=O. The summed E-state index contributed by atoms with van der Waals surface area (Å²) in [6.45, 7) is 2.48. The first-order valence-corrected chi connectivity index (χ1v) is 5.75. The molecule has 0 spiro atoms. The molecule has 16 heavy (non-hydrogen) atoms. The van der Waals surface area contributed by atoms with Crippen LogP contribution in [0.15, 0.2) is 30.3 Å². The molecule has 84 valence electrons. The number of nitrogens with one attached hydrogen (secondary N) is 1. The van der Waals surface area contributed by atoms with E-state index in [1.54, 1.807) is 4.90 Å². The molecule has 0 aromatic heterocycles. The predicted molar refractivity (Wildman–Crippen MR) is 67.1 cm³/mol. The summed E-state index contributed by atoms with van der Waals surface area (Å²) in [5.74, 6) is 0.0703. The summed E-state index contributed by atoms with van der Waals surface area (Å²) in [5, 5.41) is 3.51. The van der Waals surface area contributed by atoms with E-state index in [2.05, 4.69) is 17.4 Å². The highest BCUT2D eigenvalue weighted by molar-refractivity contribution is 7.80. The van der Waals surface area contributed by atoms with Crippen molar-refractivity contribution >= 4 is 23.2 Å². The fourth-order valence-corrected chi connectivity index (χ4v) is 2.11. The van der Waals surface area contributed by atoms with Gasteiger partial charge in [-0.2, -0.15) is 0 Å². The molecule has 0 bridgehead atoms. The van der Waals surface area contributed by atoms with Gasteiger partial charge in [0.05, 0.1) is 0 Å². The van der Waals surface area contributed by atoms with Crippen LogP contribution in [-0.2, 0) is 11.2 Å². The van der Waals surface area contributed by atoms with E-state index in [4.69, 9.17) is 12.2 Å². The molecule has 1 unspecified atom stereocenters. The third kappa shape index (κ3) is 2.22. The van der Waals surface area contributed by atoms with Crippen LogP contribution in [0.1, 0.15) is 12.5 Å². The molecule has 1 aliphatic rings. The van der Waals surface area contributed by atoms with Crippen molar-refractivity contribution in [2.24, 2.45) is 0 Å². The van der Waals surface area contributed by atoms with Crippen molar-refractivity contribution in [1.82, 2.24) is 10.2 Å². The van der Waals surface area contributed by atoms with Crippen LogP contribution in [0.4, 0.5) is 0 Å². The van der Waals surface area contributed by atoms with Gasteiger partial charge in [0.2, 0.25) is 0 Å². The van der Waals surface area contributed by atoms with Gasteiger partial charge in [0.15, 0.2) is 5.11 Å². The predicted octanol–water partition coefficient (Wildman–Crippen LogP) is 1.33. The lowest BCUT2D eigenvalue weighted by Crippen LogP contribution is -2.32. The zero-order valence-electron chi connectivity index (χ0n) is 9.14. The van der Waals surface area contributed by atoms with Gasteiger partial charge in [-0.3, -0.25) is 9.69 Å². The van der Waals surface area contributed by atoms with Crippen LogP contribution in [0.25, 0.3) is 0 Å². The van der Waals surface area contributed by atoms with Gasteiger partial charge in [0, 0.05) is 6.54 Å². The molecule has 3 nitrogen and oxygen atoms in total. The Bertz CT molecular complexity index is 405. The lowest BCUT2D eigenvalue weighted by atomic mass is 10.1. The summed E-state index contributed by atoms with van der Waals surface area (Å²) in [6.07, 6.45) is 0.834. The molecule has 0 aliphatic carbocycles. The first kappa shape index (κ1) is 11.1. The van der Waals surface area contributed by atoms with Gasteiger partial charge in [-0.15, -0.1) is 0 Å². The van der Waals surface area contributed by atoms with Gasteiger partial charge in [-0.25, -0.2) is 0 Å². The monoisotopic (exact) mass is 234 g/mol. The normalized spacial score (nSPS) is 20.1. The lowest BCUT2D eigenvalue weighted by molar-refractivity contribution is -0.126. The molecule has 1 saturated heterocycles. The third-order valence-corrected chi connectivity index (χ3v) is 3.03. The van der Waals surface area contributed by atoms with Gasteiger partial charge >= 0.3 is 0 Å². The average Bonchev–Trinajstić information content (AvgIpc) is 2.53. The van der Waals surface area contributed by atoms with Crippen LogP contribution in [-0.4, -0.2) is 28.5 Å². The maximum atomic E-state index is 11.7. The summed E-state index contributed by atoms with van der Waals surface area (Å²) in [7, 11) is 0. The minimum absolute atomic E-state index is 0.0703. The topological polar surface area (TPSA) is 32.3 Å². The summed E-state index contributed by atoms with van der Waals surface area (Å²) in [6, 6.07) is 9.92. The highest BCUT2D eigenvalue weighted by Gasteiger charge is 2.31. The molecule has 0 saturated carbocycles. The molecule has 1 aromatic rings. The van der Waals surface area contributed by atoms with E-state index in [9.17, 15) is 4.79 Å². The largest absolute Gasteiger partial charge is 0.351 e. The Labute approximate surface area is 100 Å². The average molecular weight is 234 g/mol. The quantitative estimate of drug-likeness (QED) is 0.801. The zero-order chi connectivity index (χ0) is 11.5. The summed E-state index contributed by atoms with van der Waals surface area (Å²) < 4.78 is 0. The molecule has 0 radical (unpaired) electrons. The fraction of sp³-hybridized carbons (Fsp3) is 0.333. The number of hydrogen-bond acceptors (Lipinski definition) is 2. The molecule has 1 aliphatic heterocycles. The Kier molecular flexibility index (Phi) is 3.19. The lowest BCUT2D eigenvalue weighted by Gasteiger charge is -2.14. The van der Waals surface area contributed by atoms with Gasteiger partial charge in [0.25, 0.3) is 5.91 Å². The van der Waals surface area contributed by atoms with Gasteiger partial charge in [-0.05, 0) is 31.1 Å². The first-order chi connectivity index (χ1) is 7.68. The highest BCUT2D eigenvalue weighted by atomic mass is 32.1. The van der Waals surface area contributed by atoms with Crippen molar-refractivity contribution in [2.45, 2.75) is 19.4 Å². The fourth-order valence-electron chi connectivity index (χ4n) is 1.76. The maximum Gasteiger partial charge on any atom is 0.251 e. The third-order valence-electron chi connectivity index (χ3n) is 2.69.